The second-order valence-electron chi connectivity index (χ2n) is 4.96. The van der Waals surface area contributed by atoms with Crippen LogP contribution in [0.5, 0.6) is 0 Å². The van der Waals surface area contributed by atoms with Crippen molar-refractivity contribution in [3.05, 3.63) is 0 Å². The molecule has 3 atom stereocenters. The summed E-state index contributed by atoms with van der Waals surface area (Å²) in [7, 11) is 2.24. The van der Waals surface area contributed by atoms with Gasteiger partial charge in [0.2, 0.25) is 0 Å². The Morgan fingerprint density at radius 1 is 1.36 bits per heavy atom. The normalized spacial score (nSPS) is 40.1. The molecule has 82 valence electrons. The fraction of sp³-hybridized carbons (Fsp3) is 1.00. The quantitative estimate of drug-likeness (QED) is 0.691. The summed E-state index contributed by atoms with van der Waals surface area (Å²) < 4.78 is 0. The summed E-state index contributed by atoms with van der Waals surface area (Å²) in [5.41, 5.74) is 5.69. The molecule has 14 heavy (non-hydrogen) atoms. The summed E-state index contributed by atoms with van der Waals surface area (Å²) in [6, 6.07) is 1.53. The lowest BCUT2D eigenvalue weighted by Gasteiger charge is -2.39. The van der Waals surface area contributed by atoms with Gasteiger partial charge in [-0.15, -0.1) is 0 Å². The zero-order valence-electron chi connectivity index (χ0n) is 9.02. The van der Waals surface area contributed by atoms with Crippen molar-refractivity contribution in [3.63, 3.8) is 0 Å². The molecule has 0 aromatic heterocycles. The molecule has 3 nitrogen and oxygen atoms in total. The number of aliphatic hydroxyl groups is 1. The average Bonchev–Trinajstić information content (AvgIpc) is 2.42. The molecule has 2 saturated heterocycles. The zero-order chi connectivity index (χ0) is 10.1. The van der Waals surface area contributed by atoms with E-state index in [0.29, 0.717) is 18.4 Å². The number of fused-ring (bicyclic) bond motifs is 2. The maximum atomic E-state index is 9.24. The minimum Gasteiger partial charge on any atom is -0.396 e. The second-order valence-corrected chi connectivity index (χ2v) is 4.96. The van der Waals surface area contributed by atoms with Crippen LogP contribution in [0.1, 0.15) is 25.7 Å². The molecule has 2 aliphatic rings. The van der Waals surface area contributed by atoms with Crippen LogP contribution < -0.4 is 5.73 Å². The minimum absolute atomic E-state index is 0.268. The third-order valence-corrected chi connectivity index (χ3v) is 4.34. The fourth-order valence-electron chi connectivity index (χ4n) is 3.25. The number of nitrogens with two attached hydrogens (primary N) is 1. The van der Waals surface area contributed by atoms with Gasteiger partial charge in [-0.3, -0.25) is 0 Å². The van der Waals surface area contributed by atoms with Crippen molar-refractivity contribution < 1.29 is 5.11 Å². The molecule has 2 bridgehead atoms. The number of hydrogen-bond donors (Lipinski definition) is 2. The van der Waals surface area contributed by atoms with Gasteiger partial charge >= 0.3 is 0 Å². The van der Waals surface area contributed by atoms with E-state index in [1.54, 1.807) is 0 Å². The molecule has 0 amide bonds. The number of rotatable bonds is 3. The van der Waals surface area contributed by atoms with Crippen LogP contribution in [0.3, 0.4) is 0 Å². The van der Waals surface area contributed by atoms with Crippen molar-refractivity contribution in [2.45, 2.75) is 37.8 Å². The molecule has 0 radical (unpaired) electrons. The first-order valence-electron chi connectivity index (χ1n) is 5.79. The lowest BCUT2D eigenvalue weighted by molar-refractivity contribution is 0.0783. The smallest absolute Gasteiger partial charge is 0.0474 e. The van der Waals surface area contributed by atoms with Gasteiger partial charge < -0.3 is 15.7 Å². The molecule has 2 aliphatic heterocycles. The highest BCUT2D eigenvalue weighted by Gasteiger charge is 2.40. The zero-order valence-corrected chi connectivity index (χ0v) is 9.02. The molecule has 2 heterocycles. The maximum Gasteiger partial charge on any atom is 0.0474 e. The van der Waals surface area contributed by atoms with E-state index in [0.717, 1.165) is 12.1 Å². The van der Waals surface area contributed by atoms with E-state index in [4.69, 9.17) is 5.73 Å². The maximum absolute atomic E-state index is 9.24. The summed E-state index contributed by atoms with van der Waals surface area (Å²) in [5, 5.41) is 9.24. The Balaban J connectivity index is 1.98. The Morgan fingerprint density at radius 3 is 2.36 bits per heavy atom. The molecule has 2 rings (SSSR count). The van der Waals surface area contributed by atoms with E-state index in [9.17, 15) is 5.11 Å². The number of aliphatic hydroxyl groups excluding tert-OH is 1. The first kappa shape index (κ1) is 10.4. The number of nitrogens with zero attached hydrogens (tertiary/aromatic N) is 1. The van der Waals surface area contributed by atoms with Crippen molar-refractivity contribution in [3.8, 4) is 0 Å². The van der Waals surface area contributed by atoms with Crippen LogP contribution >= 0.6 is 0 Å². The molecule has 3 unspecified atom stereocenters. The Morgan fingerprint density at radius 2 is 1.93 bits per heavy atom. The molecule has 0 saturated carbocycles. The molecular weight excluding hydrogens is 176 g/mol. The third kappa shape index (κ3) is 1.69. The van der Waals surface area contributed by atoms with E-state index >= 15 is 0 Å². The molecule has 3 heteroatoms. The fourth-order valence-corrected chi connectivity index (χ4v) is 3.25. The van der Waals surface area contributed by atoms with Crippen molar-refractivity contribution >= 4 is 0 Å². The highest BCUT2D eigenvalue weighted by molar-refractivity contribution is 4.95. The standard InChI is InChI=1S/C11H22N2O/c1-13-10-2-3-11(13)5-8(4-10)9(6-12)7-14/h8-11,14H,2-7,12H2,1H3. The summed E-state index contributed by atoms with van der Waals surface area (Å²) in [5.74, 6) is 1.01. The van der Waals surface area contributed by atoms with Gasteiger partial charge in [-0.05, 0) is 51.1 Å². The van der Waals surface area contributed by atoms with Crippen molar-refractivity contribution in [1.29, 1.82) is 0 Å². The van der Waals surface area contributed by atoms with E-state index in [1.807, 2.05) is 0 Å². The van der Waals surface area contributed by atoms with Gasteiger partial charge in [-0.2, -0.15) is 0 Å². The largest absolute Gasteiger partial charge is 0.396 e. The van der Waals surface area contributed by atoms with Crippen LogP contribution in [-0.4, -0.2) is 42.3 Å². The summed E-state index contributed by atoms with van der Waals surface area (Å²) in [6.07, 6.45) is 5.19. The second kappa shape index (κ2) is 4.17. The van der Waals surface area contributed by atoms with Crippen LogP contribution in [-0.2, 0) is 0 Å². The Labute approximate surface area is 86.3 Å². The molecule has 2 fully saturated rings. The molecule has 0 spiro atoms. The van der Waals surface area contributed by atoms with Gasteiger partial charge in [0.25, 0.3) is 0 Å². The number of piperidine rings is 1. The predicted octanol–water partition coefficient (Wildman–Crippen LogP) is 0.426. The van der Waals surface area contributed by atoms with Gasteiger partial charge in [0.05, 0.1) is 0 Å². The van der Waals surface area contributed by atoms with Gasteiger partial charge in [0, 0.05) is 18.7 Å². The van der Waals surface area contributed by atoms with E-state index < -0.39 is 0 Å². The van der Waals surface area contributed by atoms with Crippen LogP contribution in [0, 0.1) is 11.8 Å². The molecular formula is C11H22N2O. The lowest BCUT2D eigenvalue weighted by atomic mass is 9.81. The van der Waals surface area contributed by atoms with Crippen molar-refractivity contribution in [2.75, 3.05) is 20.2 Å². The Bertz CT molecular complexity index is 180. The highest BCUT2D eigenvalue weighted by atomic mass is 16.3. The molecule has 0 aliphatic carbocycles. The van der Waals surface area contributed by atoms with Crippen LogP contribution in [0.15, 0.2) is 0 Å². The van der Waals surface area contributed by atoms with E-state index in [2.05, 4.69) is 11.9 Å². The molecule has 0 aromatic carbocycles. The lowest BCUT2D eigenvalue weighted by Crippen LogP contribution is -2.43. The molecule has 0 aromatic rings. The Kier molecular flexibility index (Phi) is 3.10. The minimum atomic E-state index is 0.268. The first-order chi connectivity index (χ1) is 6.76. The highest BCUT2D eigenvalue weighted by Crippen LogP contribution is 2.39. The summed E-state index contributed by atoms with van der Waals surface area (Å²) in [4.78, 5) is 2.53. The van der Waals surface area contributed by atoms with Crippen LogP contribution in [0.4, 0.5) is 0 Å². The van der Waals surface area contributed by atoms with Crippen LogP contribution in [0.2, 0.25) is 0 Å². The van der Waals surface area contributed by atoms with Crippen LogP contribution in [0.25, 0.3) is 0 Å². The predicted molar refractivity (Wildman–Crippen MR) is 56.9 cm³/mol. The van der Waals surface area contributed by atoms with E-state index in [1.165, 1.54) is 25.7 Å². The molecule has 3 N–H and O–H groups in total. The average molecular weight is 198 g/mol. The van der Waals surface area contributed by atoms with Gasteiger partial charge in [0.1, 0.15) is 0 Å². The van der Waals surface area contributed by atoms with Gasteiger partial charge in [-0.25, -0.2) is 0 Å². The Hall–Kier alpha value is -0.120. The number of hydrogen-bond acceptors (Lipinski definition) is 3. The summed E-state index contributed by atoms with van der Waals surface area (Å²) >= 11 is 0. The first-order valence-corrected chi connectivity index (χ1v) is 5.79. The SMILES string of the molecule is CN1C2CCC1CC(C(CN)CO)C2. The monoisotopic (exact) mass is 198 g/mol. The van der Waals surface area contributed by atoms with Gasteiger partial charge in [-0.1, -0.05) is 0 Å². The van der Waals surface area contributed by atoms with Crippen molar-refractivity contribution in [2.24, 2.45) is 17.6 Å². The summed E-state index contributed by atoms with van der Waals surface area (Å²) in [6.45, 7) is 0.911. The van der Waals surface area contributed by atoms with Gasteiger partial charge in [0.15, 0.2) is 0 Å². The van der Waals surface area contributed by atoms with E-state index in [-0.39, 0.29) is 6.61 Å². The topological polar surface area (TPSA) is 49.5 Å². The van der Waals surface area contributed by atoms with Crippen molar-refractivity contribution in [1.82, 2.24) is 4.90 Å². The third-order valence-electron chi connectivity index (χ3n) is 4.34.